The quantitative estimate of drug-likeness (QED) is 0.452. The average Bonchev–Trinajstić information content (AvgIpc) is 2.19. The maximum atomic E-state index is 11.2. The molecule has 0 amide bonds. The molecular weight excluding hydrogens is 291 g/mol. The molecule has 1 rings (SSSR count). The molecule has 1 aliphatic carbocycles. The topological polar surface area (TPSA) is 26.3 Å². The van der Waals surface area contributed by atoms with E-state index in [1.54, 1.807) is 0 Å². The zero-order valence-electron chi connectivity index (χ0n) is 8.80. The van der Waals surface area contributed by atoms with Gasteiger partial charge in [-0.25, -0.2) is 0 Å². The van der Waals surface area contributed by atoms with E-state index >= 15 is 0 Å². The molecule has 1 aliphatic rings. The standard InChI is InChI=1S/C11H19IO2/c1-9(12)11(13)14-8-7-10-5-3-2-4-6-10/h9-10H,2-8H2,1H3. The van der Waals surface area contributed by atoms with Crippen LogP contribution in [0, 0.1) is 5.92 Å². The highest BCUT2D eigenvalue weighted by atomic mass is 127. The Hall–Kier alpha value is 0.200. The molecule has 0 aromatic rings. The maximum Gasteiger partial charge on any atom is 0.318 e. The minimum absolute atomic E-state index is 0.0149. The van der Waals surface area contributed by atoms with Crippen molar-refractivity contribution >= 4 is 28.6 Å². The Morgan fingerprint density at radius 1 is 1.43 bits per heavy atom. The lowest BCUT2D eigenvalue weighted by atomic mass is 9.87. The third-order valence-corrected chi connectivity index (χ3v) is 3.33. The Kier molecular flexibility index (Phi) is 5.82. The molecule has 1 fully saturated rings. The molecule has 82 valence electrons. The largest absolute Gasteiger partial charge is 0.465 e. The highest BCUT2D eigenvalue weighted by Gasteiger charge is 2.15. The second-order valence-electron chi connectivity index (χ2n) is 4.08. The van der Waals surface area contributed by atoms with Crippen LogP contribution >= 0.6 is 22.6 Å². The van der Waals surface area contributed by atoms with Crippen molar-refractivity contribution < 1.29 is 9.53 Å². The van der Waals surface area contributed by atoms with Gasteiger partial charge in [-0.2, -0.15) is 0 Å². The van der Waals surface area contributed by atoms with Crippen molar-refractivity contribution in [3.05, 3.63) is 0 Å². The Morgan fingerprint density at radius 2 is 2.07 bits per heavy atom. The first-order chi connectivity index (χ1) is 6.70. The molecule has 2 nitrogen and oxygen atoms in total. The number of ether oxygens (including phenoxy) is 1. The fourth-order valence-corrected chi connectivity index (χ4v) is 2.10. The van der Waals surface area contributed by atoms with Crippen molar-refractivity contribution in [2.75, 3.05) is 6.61 Å². The summed E-state index contributed by atoms with van der Waals surface area (Å²) in [6, 6.07) is 0. The first-order valence-electron chi connectivity index (χ1n) is 5.51. The highest BCUT2D eigenvalue weighted by molar-refractivity contribution is 14.1. The van der Waals surface area contributed by atoms with Crippen LogP contribution in [0.15, 0.2) is 0 Å². The number of esters is 1. The molecule has 1 saturated carbocycles. The molecule has 14 heavy (non-hydrogen) atoms. The van der Waals surface area contributed by atoms with Gasteiger partial charge in [-0.1, -0.05) is 54.7 Å². The molecule has 0 heterocycles. The molecule has 0 aromatic heterocycles. The van der Waals surface area contributed by atoms with E-state index in [1.807, 2.05) is 6.92 Å². The zero-order valence-corrected chi connectivity index (χ0v) is 11.0. The molecule has 0 aromatic carbocycles. The van der Waals surface area contributed by atoms with Crippen LogP contribution in [0.4, 0.5) is 0 Å². The fourth-order valence-electron chi connectivity index (χ4n) is 1.92. The molecule has 0 saturated heterocycles. The van der Waals surface area contributed by atoms with E-state index in [1.165, 1.54) is 32.1 Å². The highest BCUT2D eigenvalue weighted by Crippen LogP contribution is 2.26. The summed E-state index contributed by atoms with van der Waals surface area (Å²) in [5.41, 5.74) is 0. The van der Waals surface area contributed by atoms with E-state index < -0.39 is 0 Å². The van der Waals surface area contributed by atoms with Gasteiger partial charge in [0.2, 0.25) is 0 Å². The predicted molar refractivity (Wildman–Crippen MR) is 65.6 cm³/mol. The summed E-state index contributed by atoms with van der Waals surface area (Å²) < 4.78 is 5.14. The molecule has 1 atom stereocenters. The van der Waals surface area contributed by atoms with Crippen LogP contribution in [0.1, 0.15) is 45.4 Å². The van der Waals surface area contributed by atoms with Gasteiger partial charge in [0.25, 0.3) is 0 Å². The summed E-state index contributed by atoms with van der Waals surface area (Å²) in [6.07, 6.45) is 7.84. The summed E-state index contributed by atoms with van der Waals surface area (Å²) in [4.78, 5) is 11.2. The molecule has 3 heteroatoms. The van der Waals surface area contributed by atoms with Crippen LogP contribution in [0.5, 0.6) is 0 Å². The summed E-state index contributed by atoms with van der Waals surface area (Å²) in [5.74, 6) is 0.738. The summed E-state index contributed by atoms with van der Waals surface area (Å²) in [6.45, 7) is 2.49. The normalized spacial score (nSPS) is 20.4. The van der Waals surface area contributed by atoms with E-state index in [0.29, 0.717) is 6.61 Å². The minimum Gasteiger partial charge on any atom is -0.465 e. The minimum atomic E-state index is -0.0681. The second kappa shape index (κ2) is 6.64. The smallest absolute Gasteiger partial charge is 0.318 e. The van der Waals surface area contributed by atoms with Crippen molar-refractivity contribution in [1.29, 1.82) is 0 Å². The Morgan fingerprint density at radius 3 is 2.64 bits per heavy atom. The lowest BCUT2D eigenvalue weighted by Crippen LogP contribution is -2.17. The van der Waals surface area contributed by atoms with Crippen LogP contribution in [0.25, 0.3) is 0 Å². The number of carbonyl (C=O) groups is 1. The van der Waals surface area contributed by atoms with Gasteiger partial charge >= 0.3 is 5.97 Å². The second-order valence-corrected chi connectivity index (χ2v) is 5.94. The Balaban J connectivity index is 2.05. The van der Waals surface area contributed by atoms with Gasteiger partial charge in [-0.05, 0) is 19.3 Å². The monoisotopic (exact) mass is 310 g/mol. The lowest BCUT2D eigenvalue weighted by molar-refractivity contribution is -0.142. The number of carbonyl (C=O) groups excluding carboxylic acids is 1. The van der Waals surface area contributed by atoms with Gasteiger partial charge in [0, 0.05) is 0 Å². The van der Waals surface area contributed by atoms with Crippen molar-refractivity contribution in [3.8, 4) is 0 Å². The summed E-state index contributed by atoms with van der Waals surface area (Å²) in [5, 5.41) is 0. The van der Waals surface area contributed by atoms with E-state index in [-0.39, 0.29) is 9.89 Å². The van der Waals surface area contributed by atoms with Crippen molar-refractivity contribution in [1.82, 2.24) is 0 Å². The Bertz CT molecular complexity index is 174. The van der Waals surface area contributed by atoms with Crippen LogP contribution < -0.4 is 0 Å². The predicted octanol–water partition coefficient (Wildman–Crippen LogP) is 3.32. The maximum absolute atomic E-state index is 11.2. The molecule has 0 aliphatic heterocycles. The van der Waals surface area contributed by atoms with Crippen molar-refractivity contribution in [2.24, 2.45) is 5.92 Å². The molecule has 1 unspecified atom stereocenters. The van der Waals surface area contributed by atoms with Crippen molar-refractivity contribution in [2.45, 2.75) is 49.4 Å². The third kappa shape index (κ3) is 4.62. The van der Waals surface area contributed by atoms with Gasteiger partial charge in [0.05, 0.1) is 6.61 Å². The van der Waals surface area contributed by atoms with Gasteiger partial charge in [0.15, 0.2) is 0 Å². The van der Waals surface area contributed by atoms with E-state index in [4.69, 9.17) is 4.74 Å². The van der Waals surface area contributed by atoms with Gasteiger partial charge in [-0.15, -0.1) is 0 Å². The van der Waals surface area contributed by atoms with Crippen LogP contribution in [-0.4, -0.2) is 16.5 Å². The van der Waals surface area contributed by atoms with Crippen LogP contribution in [0.2, 0.25) is 0 Å². The Labute approximate surface area is 99.9 Å². The molecule has 0 radical (unpaired) electrons. The first-order valence-corrected chi connectivity index (χ1v) is 6.75. The summed E-state index contributed by atoms with van der Waals surface area (Å²) in [7, 11) is 0. The number of hydrogen-bond acceptors (Lipinski definition) is 2. The first kappa shape index (κ1) is 12.3. The van der Waals surface area contributed by atoms with E-state index in [2.05, 4.69) is 22.6 Å². The molecule has 0 spiro atoms. The van der Waals surface area contributed by atoms with E-state index in [9.17, 15) is 4.79 Å². The van der Waals surface area contributed by atoms with Crippen LogP contribution in [-0.2, 0) is 9.53 Å². The summed E-state index contributed by atoms with van der Waals surface area (Å²) >= 11 is 2.09. The van der Waals surface area contributed by atoms with Gasteiger partial charge in [-0.3, -0.25) is 4.79 Å². The molecular formula is C11H19IO2. The molecule has 0 bridgehead atoms. The number of hydrogen-bond donors (Lipinski definition) is 0. The SMILES string of the molecule is CC(I)C(=O)OCCC1CCCCC1. The lowest BCUT2D eigenvalue weighted by Gasteiger charge is -2.21. The van der Waals surface area contributed by atoms with Gasteiger partial charge in [0.1, 0.15) is 3.92 Å². The molecule has 0 N–H and O–H groups in total. The fraction of sp³-hybridized carbons (Fsp3) is 0.909. The van der Waals surface area contributed by atoms with Crippen LogP contribution in [0.3, 0.4) is 0 Å². The number of halogens is 1. The zero-order chi connectivity index (χ0) is 10.4. The van der Waals surface area contributed by atoms with Gasteiger partial charge < -0.3 is 4.74 Å². The van der Waals surface area contributed by atoms with E-state index in [0.717, 1.165) is 12.3 Å². The third-order valence-electron chi connectivity index (χ3n) is 2.82. The number of rotatable bonds is 4. The number of alkyl halides is 1. The van der Waals surface area contributed by atoms with Crippen molar-refractivity contribution in [3.63, 3.8) is 0 Å². The average molecular weight is 310 g/mol.